The third kappa shape index (κ3) is 6.51. The molecule has 186 valence electrons. The first-order valence-corrected chi connectivity index (χ1v) is 12.8. The minimum absolute atomic E-state index is 0.0883. The second-order valence-corrected chi connectivity index (χ2v) is 10.7. The molecule has 0 amide bonds. The zero-order valence-corrected chi connectivity index (χ0v) is 21.1. The molecule has 0 N–H and O–H groups in total. The average molecular weight is 543 g/mol. The summed E-state index contributed by atoms with van der Waals surface area (Å²) in [6.45, 7) is 0. The first-order chi connectivity index (χ1) is 16.5. The van der Waals surface area contributed by atoms with Gasteiger partial charge in [0.15, 0.2) is 21.3 Å². The predicted octanol–water partition coefficient (Wildman–Crippen LogP) is 5.96. The molecule has 0 radical (unpaired) electrons. The third-order valence-corrected chi connectivity index (χ3v) is 7.75. The minimum atomic E-state index is -4.41. The summed E-state index contributed by atoms with van der Waals surface area (Å²) in [6.07, 6.45) is -0.992. The summed E-state index contributed by atoms with van der Waals surface area (Å²) in [5.74, 6) is -6.45. The Morgan fingerprint density at radius 2 is 1.34 bits per heavy atom. The fourth-order valence-electron chi connectivity index (χ4n) is 3.60. The van der Waals surface area contributed by atoms with E-state index in [4.69, 9.17) is 32.7 Å². The van der Waals surface area contributed by atoms with Crippen LogP contribution in [0.25, 0.3) is 0 Å². The van der Waals surface area contributed by atoms with E-state index in [0.717, 1.165) is 0 Å². The number of ketones is 1. The van der Waals surface area contributed by atoms with Crippen LogP contribution < -0.4 is 9.47 Å². The van der Waals surface area contributed by atoms with E-state index >= 15 is 0 Å². The SMILES string of the molecule is COc1ccc(CC(F)(F)C(=O)CS(=O)(=O)C(c2ccc(Cl)cc2)c2ccc(Cl)cc2)cc1OC. The van der Waals surface area contributed by atoms with Gasteiger partial charge in [-0.2, -0.15) is 8.78 Å². The maximum absolute atomic E-state index is 14.9. The van der Waals surface area contributed by atoms with Crippen molar-refractivity contribution in [3.05, 3.63) is 93.5 Å². The highest BCUT2D eigenvalue weighted by Gasteiger charge is 2.43. The Morgan fingerprint density at radius 3 is 1.80 bits per heavy atom. The molecule has 3 rings (SSSR count). The second kappa shape index (κ2) is 10.9. The molecular weight excluding hydrogens is 521 g/mol. The largest absolute Gasteiger partial charge is 0.493 e. The lowest BCUT2D eigenvalue weighted by molar-refractivity contribution is -0.140. The molecule has 0 saturated carbocycles. The smallest absolute Gasteiger partial charge is 0.310 e. The number of Topliss-reactive ketones (excluding diaryl/α,β-unsaturated/α-hetero) is 1. The molecule has 3 aromatic carbocycles. The van der Waals surface area contributed by atoms with Gasteiger partial charge in [0.05, 0.1) is 14.2 Å². The molecule has 0 fully saturated rings. The van der Waals surface area contributed by atoms with E-state index in [1.54, 1.807) is 0 Å². The van der Waals surface area contributed by atoms with E-state index in [1.807, 2.05) is 0 Å². The third-order valence-electron chi connectivity index (χ3n) is 5.32. The molecule has 35 heavy (non-hydrogen) atoms. The second-order valence-electron chi connectivity index (χ2n) is 7.78. The molecule has 3 aromatic rings. The lowest BCUT2D eigenvalue weighted by Gasteiger charge is -2.21. The van der Waals surface area contributed by atoms with Crippen LogP contribution in [0.5, 0.6) is 11.5 Å². The van der Waals surface area contributed by atoms with Gasteiger partial charge in [0, 0.05) is 16.5 Å². The lowest BCUT2D eigenvalue weighted by Crippen LogP contribution is -2.37. The first-order valence-electron chi connectivity index (χ1n) is 10.3. The van der Waals surface area contributed by atoms with Crippen LogP contribution in [0, 0.1) is 0 Å². The van der Waals surface area contributed by atoms with E-state index in [-0.39, 0.29) is 22.4 Å². The van der Waals surface area contributed by atoms with Gasteiger partial charge in [-0.05, 0) is 53.1 Å². The number of ether oxygens (including phenoxy) is 2. The van der Waals surface area contributed by atoms with Crippen molar-refractivity contribution in [2.24, 2.45) is 0 Å². The quantitative estimate of drug-likeness (QED) is 0.316. The number of methoxy groups -OCH3 is 2. The van der Waals surface area contributed by atoms with Crippen molar-refractivity contribution in [3.8, 4) is 11.5 Å². The predicted molar refractivity (Wildman–Crippen MR) is 132 cm³/mol. The fraction of sp³-hybridized carbons (Fsp3) is 0.240. The number of benzene rings is 3. The monoisotopic (exact) mass is 542 g/mol. The Hall–Kier alpha value is -2.68. The molecule has 0 saturated heterocycles. The van der Waals surface area contributed by atoms with E-state index in [0.29, 0.717) is 15.8 Å². The van der Waals surface area contributed by atoms with Crippen molar-refractivity contribution >= 4 is 38.8 Å². The van der Waals surface area contributed by atoms with Crippen molar-refractivity contribution in [3.63, 3.8) is 0 Å². The van der Waals surface area contributed by atoms with Crippen LogP contribution in [0.4, 0.5) is 8.78 Å². The summed E-state index contributed by atoms with van der Waals surface area (Å²) in [5, 5.41) is -0.616. The topological polar surface area (TPSA) is 69.7 Å². The normalized spacial score (nSPS) is 12.0. The van der Waals surface area contributed by atoms with Crippen molar-refractivity contribution in [2.75, 3.05) is 20.0 Å². The Morgan fingerprint density at radius 1 is 0.857 bits per heavy atom. The molecule has 0 aromatic heterocycles. The minimum Gasteiger partial charge on any atom is -0.493 e. The Balaban J connectivity index is 1.90. The molecule has 0 heterocycles. The lowest BCUT2D eigenvalue weighted by atomic mass is 10.0. The van der Waals surface area contributed by atoms with Gasteiger partial charge in [0.25, 0.3) is 0 Å². The molecule has 0 aliphatic carbocycles. The number of rotatable bonds is 10. The van der Waals surface area contributed by atoms with Crippen molar-refractivity contribution < 1.29 is 31.5 Å². The molecule has 0 aliphatic rings. The molecular formula is C25H22Cl2F2O5S. The van der Waals surface area contributed by atoms with Gasteiger partial charge >= 0.3 is 5.92 Å². The van der Waals surface area contributed by atoms with Gasteiger partial charge < -0.3 is 9.47 Å². The van der Waals surface area contributed by atoms with Crippen LogP contribution >= 0.6 is 23.2 Å². The van der Waals surface area contributed by atoms with Crippen LogP contribution in [-0.2, 0) is 21.1 Å². The van der Waals surface area contributed by atoms with E-state index in [1.165, 1.54) is 80.9 Å². The highest BCUT2D eigenvalue weighted by atomic mass is 35.5. The molecule has 0 aliphatic heterocycles. The summed E-state index contributed by atoms with van der Waals surface area (Å²) in [6, 6.07) is 16.0. The van der Waals surface area contributed by atoms with E-state index < -0.39 is 39.0 Å². The van der Waals surface area contributed by atoms with Crippen LogP contribution in [-0.4, -0.2) is 40.1 Å². The molecule has 0 bridgehead atoms. The number of carbonyl (C=O) groups is 1. The summed E-state index contributed by atoms with van der Waals surface area (Å²) in [5.41, 5.74) is 0.658. The van der Waals surface area contributed by atoms with Gasteiger partial charge in [-0.25, -0.2) is 8.42 Å². The highest BCUT2D eigenvalue weighted by molar-refractivity contribution is 7.92. The summed E-state index contributed by atoms with van der Waals surface area (Å²) in [7, 11) is -1.66. The van der Waals surface area contributed by atoms with Crippen LogP contribution in [0.1, 0.15) is 21.9 Å². The van der Waals surface area contributed by atoms with E-state index in [9.17, 15) is 22.0 Å². The zero-order valence-electron chi connectivity index (χ0n) is 18.8. The molecule has 0 unspecified atom stereocenters. The fourth-order valence-corrected chi connectivity index (χ4v) is 5.74. The van der Waals surface area contributed by atoms with Crippen molar-refractivity contribution in [1.82, 2.24) is 0 Å². The zero-order chi connectivity index (χ0) is 25.8. The average Bonchev–Trinajstić information content (AvgIpc) is 2.81. The van der Waals surface area contributed by atoms with Crippen LogP contribution in [0.2, 0.25) is 10.0 Å². The van der Waals surface area contributed by atoms with Crippen molar-refractivity contribution in [1.29, 1.82) is 0 Å². The summed E-state index contributed by atoms with van der Waals surface area (Å²) < 4.78 is 66.7. The van der Waals surface area contributed by atoms with Gasteiger partial charge in [-0.1, -0.05) is 53.5 Å². The summed E-state index contributed by atoms with van der Waals surface area (Å²) in [4.78, 5) is 12.6. The Labute approximate surface area is 212 Å². The van der Waals surface area contributed by atoms with Gasteiger partial charge in [0.2, 0.25) is 5.78 Å². The first kappa shape index (κ1) is 26.9. The Kier molecular flexibility index (Phi) is 8.41. The Bertz CT molecular complexity index is 1250. The van der Waals surface area contributed by atoms with E-state index in [2.05, 4.69) is 0 Å². The summed E-state index contributed by atoms with van der Waals surface area (Å²) >= 11 is 11.8. The standard InChI is InChI=1S/C25H22Cl2F2O5S/c1-33-21-12-3-16(13-22(21)34-2)14-25(28,29)23(30)15-35(31,32)24(17-4-8-19(26)9-5-17)18-6-10-20(27)11-7-18/h3-13,24H,14-15H2,1-2H3. The molecule has 0 spiro atoms. The van der Waals surface area contributed by atoms with Crippen molar-refractivity contribution in [2.45, 2.75) is 17.6 Å². The van der Waals surface area contributed by atoms with Crippen LogP contribution in [0.15, 0.2) is 66.7 Å². The van der Waals surface area contributed by atoms with Gasteiger partial charge in [0.1, 0.15) is 11.0 Å². The number of halogens is 4. The highest BCUT2D eigenvalue weighted by Crippen LogP contribution is 2.35. The maximum Gasteiger partial charge on any atom is 0.310 e. The molecule has 5 nitrogen and oxygen atoms in total. The number of carbonyl (C=O) groups excluding carboxylic acids is 1. The maximum atomic E-state index is 14.9. The number of hydrogen-bond donors (Lipinski definition) is 0. The number of hydrogen-bond acceptors (Lipinski definition) is 5. The number of alkyl halides is 2. The number of sulfone groups is 1. The molecule has 10 heteroatoms. The van der Waals surface area contributed by atoms with Crippen LogP contribution in [0.3, 0.4) is 0 Å². The van der Waals surface area contributed by atoms with Gasteiger partial charge in [-0.15, -0.1) is 0 Å². The molecule has 0 atom stereocenters. The van der Waals surface area contributed by atoms with Gasteiger partial charge in [-0.3, -0.25) is 4.79 Å².